The topological polar surface area (TPSA) is 42.0 Å². The average molecular weight is 332 g/mol. The minimum atomic E-state index is -4.63. The molecule has 1 amide bonds. The van der Waals surface area contributed by atoms with Gasteiger partial charge in [-0.25, -0.2) is 4.98 Å². The molecule has 0 fully saturated rings. The van der Waals surface area contributed by atoms with Gasteiger partial charge < -0.3 is 5.32 Å². The third-order valence-corrected chi connectivity index (χ3v) is 4.52. The number of benzene rings is 1. The van der Waals surface area contributed by atoms with E-state index >= 15 is 0 Å². The van der Waals surface area contributed by atoms with E-state index in [0.29, 0.717) is 14.3 Å². The normalized spacial score (nSPS) is 12.0. The highest BCUT2D eigenvalue weighted by molar-refractivity contribution is 7.46. The van der Waals surface area contributed by atoms with Crippen LogP contribution in [0.15, 0.2) is 24.3 Å². The highest BCUT2D eigenvalue weighted by Gasteiger charge is 2.39. The summed E-state index contributed by atoms with van der Waals surface area (Å²) in [6.07, 6.45) is -4.63. The molecule has 1 N–H and O–H groups in total. The lowest BCUT2D eigenvalue weighted by Crippen LogP contribution is -2.17. The number of anilines is 1. The Labute approximate surface area is 125 Å². The van der Waals surface area contributed by atoms with Crippen molar-refractivity contribution in [3.8, 4) is 0 Å². The van der Waals surface area contributed by atoms with Crippen molar-refractivity contribution in [3.63, 3.8) is 0 Å². The molecule has 0 aliphatic carbocycles. The Kier molecular flexibility index (Phi) is 4.64. The molecule has 21 heavy (non-hydrogen) atoms. The molecule has 1 aromatic heterocycles. The Bertz CT molecular complexity index is 652. The Morgan fingerprint density at radius 3 is 2.43 bits per heavy atom. The monoisotopic (exact) mass is 332 g/mol. The number of alkyl halides is 3. The van der Waals surface area contributed by atoms with Gasteiger partial charge >= 0.3 is 6.18 Å². The number of hydrogen-bond donors (Lipinski definition) is 1. The summed E-state index contributed by atoms with van der Waals surface area (Å²) in [6.45, 7) is 3.46. The summed E-state index contributed by atoms with van der Waals surface area (Å²) >= 11 is 0.734. The number of thiazole rings is 1. The first kappa shape index (κ1) is 15.9. The maximum atomic E-state index is 12.8. The molecule has 0 aliphatic rings. The van der Waals surface area contributed by atoms with Gasteiger partial charge in [-0.3, -0.25) is 4.79 Å². The number of aromatic nitrogens is 1. The van der Waals surface area contributed by atoms with Gasteiger partial charge in [-0.15, -0.1) is 11.3 Å². The second-order valence-electron chi connectivity index (χ2n) is 4.19. The fourth-order valence-corrected chi connectivity index (χ4v) is 3.02. The molecule has 1 atom stereocenters. The molecular formula is C13H12F3N2OPS. The summed E-state index contributed by atoms with van der Waals surface area (Å²) in [5.41, 5.74) is -0.671. The van der Waals surface area contributed by atoms with Gasteiger partial charge in [-0.2, -0.15) is 13.2 Å². The molecule has 0 saturated carbocycles. The Morgan fingerprint density at radius 2 is 1.90 bits per heavy atom. The van der Waals surface area contributed by atoms with Crippen LogP contribution in [0.5, 0.6) is 0 Å². The molecule has 2 rings (SSSR count). The number of rotatable bonds is 3. The molecule has 1 aromatic carbocycles. The van der Waals surface area contributed by atoms with E-state index in [1.54, 1.807) is 12.1 Å². The molecule has 3 nitrogen and oxygen atoms in total. The zero-order valence-electron chi connectivity index (χ0n) is 11.2. The number of amides is 1. The fraction of sp³-hybridized carbons (Fsp3) is 0.231. The molecule has 1 heterocycles. The smallest absolute Gasteiger partial charge is 0.321 e. The third kappa shape index (κ3) is 3.80. The quantitative estimate of drug-likeness (QED) is 0.872. The number of nitrogens with one attached hydrogen (secondary N) is 1. The third-order valence-electron chi connectivity index (χ3n) is 2.64. The van der Waals surface area contributed by atoms with Gasteiger partial charge in [-0.1, -0.05) is 20.7 Å². The second kappa shape index (κ2) is 6.12. The van der Waals surface area contributed by atoms with E-state index in [1.807, 2.05) is 18.8 Å². The lowest BCUT2D eigenvalue weighted by atomic mass is 10.3. The fourth-order valence-electron chi connectivity index (χ4n) is 1.68. The van der Waals surface area contributed by atoms with Crippen molar-refractivity contribution < 1.29 is 18.0 Å². The van der Waals surface area contributed by atoms with Gasteiger partial charge in [0.05, 0.1) is 5.01 Å². The van der Waals surface area contributed by atoms with Crippen LogP contribution in [0.1, 0.15) is 20.4 Å². The predicted molar refractivity (Wildman–Crippen MR) is 80.1 cm³/mol. The van der Waals surface area contributed by atoms with Crippen molar-refractivity contribution in [2.45, 2.75) is 13.1 Å². The molecule has 0 spiro atoms. The van der Waals surface area contributed by atoms with Gasteiger partial charge in [0.25, 0.3) is 5.91 Å². The van der Waals surface area contributed by atoms with E-state index in [1.165, 1.54) is 6.92 Å². The van der Waals surface area contributed by atoms with Gasteiger partial charge in [-0.05, 0) is 31.0 Å². The van der Waals surface area contributed by atoms with Crippen LogP contribution in [0.4, 0.5) is 18.9 Å². The molecule has 1 unspecified atom stereocenters. The number of hydrogen-bond acceptors (Lipinski definition) is 3. The molecule has 8 heteroatoms. The van der Waals surface area contributed by atoms with E-state index < -0.39 is 22.7 Å². The van der Waals surface area contributed by atoms with Crippen LogP contribution in [0.3, 0.4) is 0 Å². The van der Waals surface area contributed by atoms with E-state index in [0.717, 1.165) is 16.6 Å². The van der Waals surface area contributed by atoms with Crippen molar-refractivity contribution in [2.24, 2.45) is 0 Å². The van der Waals surface area contributed by atoms with Crippen LogP contribution in [0.25, 0.3) is 0 Å². The molecule has 0 saturated heterocycles. The molecule has 0 radical (unpaired) electrons. The highest BCUT2D eigenvalue weighted by Crippen LogP contribution is 2.34. The van der Waals surface area contributed by atoms with Crippen molar-refractivity contribution in [3.05, 3.63) is 39.8 Å². The lowest BCUT2D eigenvalue weighted by Gasteiger charge is -2.07. The van der Waals surface area contributed by atoms with Crippen molar-refractivity contribution in [1.82, 2.24) is 4.98 Å². The maximum Gasteiger partial charge on any atom is 0.435 e. The standard InChI is InChI=1S/C13H12F3N2OPS/c1-7-17-11(13(14,15)16)10(21-7)12(19)18-8-3-5-9(20-2)6-4-8/h3-6,20H,1-2H3,(H,18,19). The lowest BCUT2D eigenvalue weighted by molar-refractivity contribution is -0.141. The zero-order valence-corrected chi connectivity index (χ0v) is 13.0. The van der Waals surface area contributed by atoms with Crippen LogP contribution in [0, 0.1) is 6.92 Å². The van der Waals surface area contributed by atoms with Crippen molar-refractivity contribution >= 4 is 36.8 Å². The summed E-state index contributed by atoms with van der Waals surface area (Å²) in [6, 6.07) is 7.00. The second-order valence-corrected chi connectivity index (χ2v) is 6.47. The largest absolute Gasteiger partial charge is 0.435 e. The minimum absolute atomic E-state index is 0.204. The number of carbonyl (C=O) groups is 1. The number of carbonyl (C=O) groups excluding carboxylic acids is 1. The number of aryl methyl sites for hydroxylation is 1. The Balaban J connectivity index is 2.24. The van der Waals surface area contributed by atoms with Gasteiger partial charge in [0.15, 0.2) is 5.69 Å². The van der Waals surface area contributed by atoms with Gasteiger partial charge in [0, 0.05) is 5.69 Å². The first-order valence-electron chi connectivity index (χ1n) is 5.95. The Morgan fingerprint density at radius 1 is 1.29 bits per heavy atom. The van der Waals surface area contributed by atoms with Crippen molar-refractivity contribution in [2.75, 3.05) is 12.0 Å². The SMILES string of the molecule is CPc1ccc(NC(=O)c2sc(C)nc2C(F)(F)F)cc1. The van der Waals surface area contributed by atoms with E-state index in [2.05, 4.69) is 10.3 Å². The van der Waals surface area contributed by atoms with Crippen LogP contribution in [-0.4, -0.2) is 17.6 Å². The predicted octanol–water partition coefficient (Wildman–Crippen LogP) is 3.66. The van der Waals surface area contributed by atoms with E-state index in [-0.39, 0.29) is 5.01 Å². The maximum absolute atomic E-state index is 12.8. The van der Waals surface area contributed by atoms with Crippen LogP contribution in [-0.2, 0) is 6.18 Å². The van der Waals surface area contributed by atoms with Crippen molar-refractivity contribution in [1.29, 1.82) is 0 Å². The summed E-state index contributed by atoms with van der Waals surface area (Å²) in [4.78, 5) is 15.0. The minimum Gasteiger partial charge on any atom is -0.321 e. The number of halogens is 3. The average Bonchev–Trinajstić information content (AvgIpc) is 2.82. The summed E-state index contributed by atoms with van der Waals surface area (Å²) in [5, 5.41) is 3.78. The molecule has 0 bridgehead atoms. The summed E-state index contributed by atoms with van der Waals surface area (Å²) in [5.74, 6) is -0.792. The van der Waals surface area contributed by atoms with E-state index in [9.17, 15) is 18.0 Å². The zero-order chi connectivity index (χ0) is 15.6. The van der Waals surface area contributed by atoms with E-state index in [4.69, 9.17) is 0 Å². The highest BCUT2D eigenvalue weighted by atomic mass is 32.1. The summed E-state index contributed by atoms with van der Waals surface area (Å²) in [7, 11) is 0.619. The van der Waals surface area contributed by atoms with Crippen LogP contribution >= 0.6 is 19.9 Å². The van der Waals surface area contributed by atoms with Crippen LogP contribution in [0.2, 0.25) is 0 Å². The first-order chi connectivity index (χ1) is 9.81. The van der Waals surface area contributed by atoms with Gasteiger partial charge in [0.1, 0.15) is 4.88 Å². The molecule has 0 aliphatic heterocycles. The van der Waals surface area contributed by atoms with Gasteiger partial charge in [0.2, 0.25) is 0 Å². The first-order valence-corrected chi connectivity index (χ1v) is 8.26. The Hall–Kier alpha value is -1.46. The summed E-state index contributed by atoms with van der Waals surface area (Å²) < 4.78 is 38.5. The molecule has 112 valence electrons. The van der Waals surface area contributed by atoms with Crippen LogP contribution < -0.4 is 10.6 Å². The molecular weight excluding hydrogens is 320 g/mol. The number of nitrogens with zero attached hydrogens (tertiary/aromatic N) is 1. The molecule has 2 aromatic rings.